The molecule has 23 heavy (non-hydrogen) atoms. The van der Waals surface area contributed by atoms with Gasteiger partial charge in [0.15, 0.2) is 0 Å². The number of rotatable bonds is 5. The van der Waals surface area contributed by atoms with Crippen LogP contribution in [0.15, 0.2) is 72.1 Å². The van der Waals surface area contributed by atoms with Crippen LogP contribution in [-0.2, 0) is 4.79 Å². The Morgan fingerprint density at radius 1 is 0.870 bits per heavy atom. The summed E-state index contributed by atoms with van der Waals surface area (Å²) in [6.07, 6.45) is -1.05. The van der Waals surface area contributed by atoms with E-state index < -0.39 is 18.0 Å². The molecule has 2 aromatic carbocycles. The number of hydrogen-bond acceptors (Lipinski definition) is 3. The Kier molecular flexibility index (Phi) is 4.55. The number of hydrogen-bond donors (Lipinski definition) is 2. The zero-order valence-corrected chi connectivity index (χ0v) is 13.1. The van der Waals surface area contributed by atoms with E-state index in [2.05, 4.69) is 0 Å². The van der Waals surface area contributed by atoms with Crippen LogP contribution in [0.1, 0.15) is 22.5 Å². The van der Waals surface area contributed by atoms with Crippen molar-refractivity contribution in [3.05, 3.63) is 82.6 Å². The van der Waals surface area contributed by atoms with Gasteiger partial charge < -0.3 is 10.2 Å². The van der Waals surface area contributed by atoms with Crippen LogP contribution >= 0.6 is 11.3 Å². The lowest BCUT2D eigenvalue weighted by Gasteiger charge is -2.19. The first kappa shape index (κ1) is 15.5. The van der Waals surface area contributed by atoms with Crippen molar-refractivity contribution < 1.29 is 15.0 Å². The Morgan fingerprint density at radius 3 is 2.09 bits per heavy atom. The van der Waals surface area contributed by atoms with E-state index in [1.165, 1.54) is 11.3 Å². The van der Waals surface area contributed by atoms with E-state index >= 15 is 0 Å². The first-order chi connectivity index (χ1) is 11.2. The Bertz CT molecular complexity index is 764. The third kappa shape index (κ3) is 3.33. The van der Waals surface area contributed by atoms with Crippen molar-refractivity contribution in [1.82, 2.24) is 0 Å². The molecule has 1 heterocycles. The maximum atomic E-state index is 11.6. The fourth-order valence-electron chi connectivity index (χ4n) is 2.60. The Balaban J connectivity index is 1.91. The Hall–Kier alpha value is -2.43. The van der Waals surface area contributed by atoms with Crippen molar-refractivity contribution in [1.29, 1.82) is 0 Å². The maximum Gasteiger partial charge on any atom is 0.314 e. The van der Waals surface area contributed by atoms with Gasteiger partial charge in [0.25, 0.3) is 0 Å². The lowest BCUT2D eigenvalue weighted by atomic mass is 9.91. The normalized spacial score (nSPS) is 13.4. The van der Waals surface area contributed by atoms with Crippen LogP contribution in [0.3, 0.4) is 0 Å². The summed E-state index contributed by atoms with van der Waals surface area (Å²) in [5.41, 5.74) is 2.69. The Labute approximate surface area is 138 Å². The molecule has 1 aromatic heterocycles. The molecule has 0 amide bonds. The summed E-state index contributed by atoms with van der Waals surface area (Å²) >= 11 is 1.36. The lowest BCUT2D eigenvalue weighted by Crippen LogP contribution is -2.19. The van der Waals surface area contributed by atoms with Crippen LogP contribution in [0, 0.1) is 0 Å². The highest BCUT2D eigenvalue weighted by atomic mass is 32.1. The molecular formula is C19H16O3S. The summed E-state index contributed by atoms with van der Waals surface area (Å²) in [5, 5.41) is 21.8. The minimum Gasteiger partial charge on any atom is -0.481 e. The summed E-state index contributed by atoms with van der Waals surface area (Å²) < 4.78 is 0. The summed E-state index contributed by atoms with van der Waals surface area (Å²) in [7, 11) is 0. The molecule has 0 aliphatic heterocycles. The largest absolute Gasteiger partial charge is 0.481 e. The molecule has 0 saturated heterocycles. The second kappa shape index (κ2) is 6.77. The van der Waals surface area contributed by atoms with Crippen LogP contribution in [-0.4, -0.2) is 16.2 Å². The maximum absolute atomic E-state index is 11.6. The molecule has 3 nitrogen and oxygen atoms in total. The van der Waals surface area contributed by atoms with Crippen LogP contribution in [0.2, 0.25) is 0 Å². The summed E-state index contributed by atoms with van der Waals surface area (Å²) in [4.78, 5) is 12.3. The number of benzene rings is 2. The molecule has 0 radical (unpaired) electrons. The van der Waals surface area contributed by atoms with Gasteiger partial charge in [0.2, 0.25) is 0 Å². The molecule has 2 atom stereocenters. The first-order valence-electron chi connectivity index (χ1n) is 7.26. The second-order valence-electron chi connectivity index (χ2n) is 5.26. The van der Waals surface area contributed by atoms with Crippen LogP contribution in [0.4, 0.5) is 0 Å². The highest BCUT2D eigenvalue weighted by Gasteiger charge is 2.30. The summed E-state index contributed by atoms with van der Waals surface area (Å²) in [6, 6.07) is 20.8. The lowest BCUT2D eigenvalue weighted by molar-refractivity contribution is -0.141. The van der Waals surface area contributed by atoms with Gasteiger partial charge in [0.1, 0.15) is 12.0 Å². The van der Waals surface area contributed by atoms with E-state index in [4.69, 9.17) is 0 Å². The van der Waals surface area contributed by atoms with Gasteiger partial charge in [-0.1, -0.05) is 60.7 Å². The number of aliphatic hydroxyl groups excluding tert-OH is 1. The molecule has 2 unspecified atom stereocenters. The molecule has 116 valence electrons. The van der Waals surface area contributed by atoms with Gasteiger partial charge in [-0.05, 0) is 28.1 Å². The number of carboxylic acids is 1. The van der Waals surface area contributed by atoms with Crippen molar-refractivity contribution in [2.45, 2.75) is 12.0 Å². The molecule has 4 heteroatoms. The molecule has 0 bridgehead atoms. The standard InChI is InChI=1S/C19H16O3S/c20-18(16-7-4-12-23-16)17(19(21)22)15-10-8-14(9-11-15)13-5-2-1-3-6-13/h1-12,17-18,20H,(H,21,22). The summed E-state index contributed by atoms with van der Waals surface area (Å²) in [6.45, 7) is 0. The van der Waals surface area contributed by atoms with Gasteiger partial charge in [-0.25, -0.2) is 0 Å². The van der Waals surface area contributed by atoms with Gasteiger partial charge in [-0.15, -0.1) is 11.3 Å². The zero-order chi connectivity index (χ0) is 16.2. The molecule has 3 rings (SSSR count). The van der Waals surface area contributed by atoms with Crippen LogP contribution < -0.4 is 0 Å². The van der Waals surface area contributed by atoms with Gasteiger partial charge in [0, 0.05) is 4.88 Å². The van der Waals surface area contributed by atoms with E-state index in [1.54, 1.807) is 24.3 Å². The van der Waals surface area contributed by atoms with Gasteiger partial charge in [-0.3, -0.25) is 4.79 Å². The van der Waals surface area contributed by atoms with E-state index in [9.17, 15) is 15.0 Å². The van der Waals surface area contributed by atoms with Gasteiger partial charge >= 0.3 is 5.97 Å². The van der Waals surface area contributed by atoms with Crippen LogP contribution in [0.5, 0.6) is 0 Å². The number of thiophene rings is 1. The molecule has 0 aliphatic carbocycles. The fraction of sp³-hybridized carbons (Fsp3) is 0.105. The van der Waals surface area contributed by atoms with Gasteiger partial charge in [-0.2, -0.15) is 0 Å². The van der Waals surface area contributed by atoms with Crippen molar-refractivity contribution in [3.8, 4) is 11.1 Å². The van der Waals surface area contributed by atoms with E-state index in [-0.39, 0.29) is 0 Å². The first-order valence-corrected chi connectivity index (χ1v) is 8.14. The highest BCUT2D eigenvalue weighted by Crippen LogP contribution is 2.34. The number of aliphatic hydroxyl groups is 1. The van der Waals surface area contributed by atoms with Crippen molar-refractivity contribution in [3.63, 3.8) is 0 Å². The number of aliphatic carboxylic acids is 1. The molecule has 2 N–H and O–H groups in total. The topological polar surface area (TPSA) is 57.5 Å². The average Bonchev–Trinajstić information content (AvgIpc) is 3.11. The van der Waals surface area contributed by atoms with Crippen LogP contribution in [0.25, 0.3) is 11.1 Å². The fourth-order valence-corrected chi connectivity index (χ4v) is 3.34. The average molecular weight is 324 g/mol. The summed E-state index contributed by atoms with van der Waals surface area (Å²) in [5.74, 6) is -2.00. The van der Waals surface area contributed by atoms with E-state index in [0.29, 0.717) is 10.4 Å². The van der Waals surface area contributed by atoms with Crippen molar-refractivity contribution >= 4 is 17.3 Å². The quantitative estimate of drug-likeness (QED) is 0.735. The smallest absolute Gasteiger partial charge is 0.314 e. The molecule has 0 aliphatic rings. The van der Waals surface area contributed by atoms with E-state index in [0.717, 1.165) is 11.1 Å². The minimum absolute atomic E-state index is 0.595. The zero-order valence-electron chi connectivity index (χ0n) is 12.3. The third-order valence-electron chi connectivity index (χ3n) is 3.79. The van der Waals surface area contributed by atoms with Crippen molar-refractivity contribution in [2.24, 2.45) is 0 Å². The monoisotopic (exact) mass is 324 g/mol. The molecule has 3 aromatic rings. The SMILES string of the molecule is O=C(O)C(c1ccc(-c2ccccc2)cc1)C(O)c1cccs1. The number of carboxylic acid groups (broad SMARTS) is 1. The van der Waals surface area contributed by atoms with Crippen molar-refractivity contribution in [2.75, 3.05) is 0 Å². The minimum atomic E-state index is -1.05. The van der Waals surface area contributed by atoms with E-state index in [1.807, 2.05) is 47.8 Å². The molecule has 0 saturated carbocycles. The predicted molar refractivity (Wildman–Crippen MR) is 91.5 cm³/mol. The number of carbonyl (C=O) groups is 1. The molecule has 0 fully saturated rings. The predicted octanol–water partition coefficient (Wildman–Crippen LogP) is 4.32. The Morgan fingerprint density at radius 2 is 1.52 bits per heavy atom. The molecule has 0 spiro atoms. The third-order valence-corrected chi connectivity index (χ3v) is 4.74. The highest BCUT2D eigenvalue weighted by molar-refractivity contribution is 7.10. The van der Waals surface area contributed by atoms with Gasteiger partial charge in [0.05, 0.1) is 0 Å². The molecular weight excluding hydrogens is 308 g/mol. The second-order valence-corrected chi connectivity index (χ2v) is 6.24.